The van der Waals surface area contributed by atoms with E-state index >= 15 is 0 Å². The van der Waals surface area contributed by atoms with Crippen molar-refractivity contribution >= 4 is 40.2 Å². The number of esters is 1. The van der Waals surface area contributed by atoms with Crippen LogP contribution in [0.4, 0.5) is 0 Å². The lowest BCUT2D eigenvalue weighted by Gasteiger charge is -2.13. The number of unbranched alkanes of at least 4 members (excludes halogenated alkanes) is 2. The van der Waals surface area contributed by atoms with Gasteiger partial charge in [0, 0.05) is 33.7 Å². The lowest BCUT2D eigenvalue weighted by molar-refractivity contribution is -0.143. The topological polar surface area (TPSA) is 59.2 Å². The zero-order valence-electron chi connectivity index (χ0n) is 16.4. The van der Waals surface area contributed by atoms with Gasteiger partial charge in [-0.3, -0.25) is 9.59 Å². The zero-order chi connectivity index (χ0) is 20.6. The Hall–Kier alpha value is -2.24. The highest BCUT2D eigenvalue weighted by atomic mass is 35.5. The molecule has 0 amide bonds. The average Bonchev–Trinajstić information content (AvgIpc) is 2.72. The van der Waals surface area contributed by atoms with Gasteiger partial charge in [0.1, 0.15) is 6.61 Å². The van der Waals surface area contributed by atoms with Gasteiger partial charge in [0.2, 0.25) is 0 Å². The van der Waals surface area contributed by atoms with Crippen LogP contribution in [-0.2, 0) is 9.53 Å². The number of ether oxygens (including phenoxy) is 1. The maximum absolute atomic E-state index is 12.8. The van der Waals surface area contributed by atoms with E-state index in [9.17, 15) is 9.59 Å². The first-order valence-electron chi connectivity index (χ1n) is 9.79. The van der Waals surface area contributed by atoms with Gasteiger partial charge >= 0.3 is 5.97 Å². The van der Waals surface area contributed by atoms with E-state index in [2.05, 4.69) is 11.9 Å². The van der Waals surface area contributed by atoms with E-state index < -0.39 is 0 Å². The summed E-state index contributed by atoms with van der Waals surface area (Å²) in [4.78, 5) is 28.1. The molecule has 0 aliphatic heterocycles. The van der Waals surface area contributed by atoms with Gasteiger partial charge in [-0.15, -0.1) is 11.8 Å². The van der Waals surface area contributed by atoms with Crippen LogP contribution in [-0.4, -0.2) is 23.3 Å². The molecule has 3 rings (SSSR count). The molecule has 152 valence electrons. The van der Waals surface area contributed by atoms with Crippen molar-refractivity contribution < 1.29 is 9.53 Å². The Morgan fingerprint density at radius 1 is 1.14 bits per heavy atom. The van der Waals surface area contributed by atoms with E-state index in [0.29, 0.717) is 22.1 Å². The van der Waals surface area contributed by atoms with Gasteiger partial charge in [0.05, 0.1) is 4.90 Å². The Labute approximate surface area is 179 Å². The van der Waals surface area contributed by atoms with Crippen molar-refractivity contribution in [3.8, 4) is 11.1 Å². The molecule has 6 heteroatoms. The highest BCUT2D eigenvalue weighted by molar-refractivity contribution is 7.99. The van der Waals surface area contributed by atoms with E-state index in [1.807, 2.05) is 42.5 Å². The number of hydrogen-bond donors (Lipinski definition) is 1. The summed E-state index contributed by atoms with van der Waals surface area (Å²) in [5.41, 5.74) is 2.39. The minimum atomic E-state index is -0.179. The van der Waals surface area contributed by atoms with Crippen molar-refractivity contribution in [1.82, 2.24) is 4.98 Å². The number of aromatic nitrogens is 1. The molecule has 0 saturated carbocycles. The van der Waals surface area contributed by atoms with Crippen LogP contribution >= 0.6 is 23.4 Å². The van der Waals surface area contributed by atoms with Crippen LogP contribution in [0, 0.1) is 0 Å². The van der Waals surface area contributed by atoms with Crippen LogP contribution in [0.1, 0.15) is 32.6 Å². The first-order valence-corrected chi connectivity index (χ1v) is 11.2. The Balaban J connectivity index is 1.83. The van der Waals surface area contributed by atoms with Gasteiger partial charge in [-0.05, 0) is 30.2 Å². The molecule has 0 fully saturated rings. The molecular weight excluding hydrogens is 406 g/mol. The summed E-state index contributed by atoms with van der Waals surface area (Å²) in [5.74, 6) is 0.329. The standard InChI is InChI=1S/C23H24ClNO3S/c1-2-3-5-10-20(26)28-13-14-29-22-21(16-8-6-4-7-9-16)18-15-17(24)11-12-19(18)25-23(22)27/h4,6-9,11-12,15H,2-3,5,10,13-14H2,1H3,(H,25,27). The van der Waals surface area contributed by atoms with Crippen LogP contribution in [0.5, 0.6) is 0 Å². The molecule has 1 heterocycles. The predicted octanol–water partition coefficient (Wildman–Crippen LogP) is 6.06. The number of hydrogen-bond acceptors (Lipinski definition) is 4. The summed E-state index contributed by atoms with van der Waals surface area (Å²) >= 11 is 7.62. The molecule has 0 spiro atoms. The normalized spacial score (nSPS) is 11.0. The fourth-order valence-electron chi connectivity index (χ4n) is 3.17. The van der Waals surface area contributed by atoms with Gasteiger partial charge < -0.3 is 9.72 Å². The summed E-state index contributed by atoms with van der Waals surface area (Å²) in [6.45, 7) is 2.37. The molecule has 0 unspecified atom stereocenters. The number of halogens is 1. The molecular formula is C23H24ClNO3S. The van der Waals surface area contributed by atoms with Crippen LogP contribution in [0.3, 0.4) is 0 Å². The fourth-order valence-corrected chi connectivity index (χ4v) is 4.26. The molecule has 29 heavy (non-hydrogen) atoms. The number of thioether (sulfide) groups is 1. The molecule has 1 aromatic heterocycles. The minimum absolute atomic E-state index is 0.155. The van der Waals surface area contributed by atoms with Gasteiger partial charge in [0.25, 0.3) is 5.56 Å². The van der Waals surface area contributed by atoms with Crippen LogP contribution in [0.25, 0.3) is 22.0 Å². The average molecular weight is 430 g/mol. The molecule has 0 aliphatic carbocycles. The number of rotatable bonds is 9. The van der Waals surface area contributed by atoms with Gasteiger partial charge in [-0.1, -0.05) is 61.7 Å². The Morgan fingerprint density at radius 3 is 2.69 bits per heavy atom. The van der Waals surface area contributed by atoms with Crippen molar-refractivity contribution in [2.75, 3.05) is 12.4 Å². The first kappa shape index (κ1) is 21.5. The largest absolute Gasteiger partial charge is 0.465 e. The smallest absolute Gasteiger partial charge is 0.305 e. The third-order valence-electron chi connectivity index (χ3n) is 4.57. The summed E-state index contributed by atoms with van der Waals surface area (Å²) in [7, 11) is 0. The van der Waals surface area contributed by atoms with Crippen molar-refractivity contribution in [2.45, 2.75) is 37.5 Å². The van der Waals surface area contributed by atoms with Gasteiger partial charge in [0.15, 0.2) is 0 Å². The third kappa shape index (κ3) is 5.64. The quantitative estimate of drug-likeness (QED) is 0.255. The zero-order valence-corrected chi connectivity index (χ0v) is 17.9. The lowest BCUT2D eigenvalue weighted by atomic mass is 10.0. The Bertz CT molecular complexity index is 1030. The second-order valence-electron chi connectivity index (χ2n) is 6.74. The third-order valence-corrected chi connectivity index (χ3v) is 5.86. The number of carbonyl (C=O) groups is 1. The Morgan fingerprint density at radius 2 is 1.93 bits per heavy atom. The number of H-pyrrole nitrogens is 1. The fraction of sp³-hybridized carbons (Fsp3) is 0.304. The van der Waals surface area contributed by atoms with E-state index in [-0.39, 0.29) is 18.1 Å². The maximum Gasteiger partial charge on any atom is 0.305 e. The van der Waals surface area contributed by atoms with Gasteiger partial charge in [-0.2, -0.15) is 0 Å². The van der Waals surface area contributed by atoms with Crippen molar-refractivity contribution in [3.05, 3.63) is 63.9 Å². The number of benzene rings is 2. The monoisotopic (exact) mass is 429 g/mol. The molecule has 4 nitrogen and oxygen atoms in total. The molecule has 0 radical (unpaired) electrons. The summed E-state index contributed by atoms with van der Waals surface area (Å²) in [6, 6.07) is 15.2. The highest BCUT2D eigenvalue weighted by Crippen LogP contribution is 2.35. The minimum Gasteiger partial charge on any atom is -0.465 e. The van der Waals surface area contributed by atoms with E-state index in [0.717, 1.165) is 41.3 Å². The lowest BCUT2D eigenvalue weighted by Crippen LogP contribution is -2.12. The molecule has 1 N–H and O–H groups in total. The summed E-state index contributed by atoms with van der Waals surface area (Å²) < 4.78 is 5.31. The van der Waals surface area contributed by atoms with Crippen molar-refractivity contribution in [1.29, 1.82) is 0 Å². The maximum atomic E-state index is 12.8. The molecule has 0 bridgehead atoms. The summed E-state index contributed by atoms with van der Waals surface area (Å²) in [6.07, 6.45) is 3.40. The van der Waals surface area contributed by atoms with Gasteiger partial charge in [-0.25, -0.2) is 0 Å². The van der Waals surface area contributed by atoms with Crippen LogP contribution < -0.4 is 5.56 Å². The number of carbonyl (C=O) groups excluding carboxylic acids is 1. The predicted molar refractivity (Wildman–Crippen MR) is 121 cm³/mol. The SMILES string of the molecule is CCCCCC(=O)OCCSc1c(-c2ccccc2)c2cc(Cl)ccc2[nH]c1=O. The van der Waals surface area contributed by atoms with Crippen LogP contribution in [0.2, 0.25) is 5.02 Å². The van der Waals surface area contributed by atoms with E-state index in [1.165, 1.54) is 11.8 Å². The molecule has 0 atom stereocenters. The molecule has 0 saturated heterocycles. The van der Waals surface area contributed by atoms with Crippen molar-refractivity contribution in [2.24, 2.45) is 0 Å². The van der Waals surface area contributed by atoms with Crippen LogP contribution in [0.15, 0.2) is 58.2 Å². The second-order valence-corrected chi connectivity index (χ2v) is 8.28. The Kier molecular flexibility index (Phi) is 7.78. The molecule has 2 aromatic carbocycles. The number of nitrogens with one attached hydrogen (secondary N) is 1. The molecule has 3 aromatic rings. The number of aromatic amines is 1. The second kappa shape index (κ2) is 10.5. The number of pyridine rings is 1. The van der Waals surface area contributed by atoms with E-state index in [4.69, 9.17) is 16.3 Å². The summed E-state index contributed by atoms with van der Waals surface area (Å²) in [5, 5.41) is 1.50. The highest BCUT2D eigenvalue weighted by Gasteiger charge is 2.15. The van der Waals surface area contributed by atoms with E-state index in [1.54, 1.807) is 6.07 Å². The van der Waals surface area contributed by atoms with Crippen molar-refractivity contribution in [3.63, 3.8) is 0 Å². The first-order chi connectivity index (χ1) is 14.1. The molecule has 0 aliphatic rings. The number of fused-ring (bicyclic) bond motifs is 1.